The van der Waals surface area contributed by atoms with Gasteiger partial charge in [0.15, 0.2) is 11.5 Å². The quantitative estimate of drug-likeness (QED) is 0.464. The first-order chi connectivity index (χ1) is 16.6. The van der Waals surface area contributed by atoms with Gasteiger partial charge in [-0.3, -0.25) is 9.10 Å². The normalized spacial score (nSPS) is 12.1. The molecule has 1 atom stereocenters. The van der Waals surface area contributed by atoms with Crippen molar-refractivity contribution in [3.63, 3.8) is 0 Å². The number of nitrogens with one attached hydrogen (secondary N) is 1. The first-order valence-corrected chi connectivity index (χ1v) is 12.7. The van der Waals surface area contributed by atoms with E-state index in [1.54, 1.807) is 62.8 Å². The molecule has 7 nitrogen and oxygen atoms in total. The van der Waals surface area contributed by atoms with E-state index in [0.29, 0.717) is 17.2 Å². The Hall–Kier alpha value is -3.52. The van der Waals surface area contributed by atoms with E-state index in [0.717, 1.165) is 26.6 Å². The molecule has 0 aliphatic rings. The fraction of sp³-hybridized carbons (Fsp3) is 0.296. The highest BCUT2D eigenvalue weighted by Crippen LogP contribution is 2.30. The fourth-order valence-electron chi connectivity index (χ4n) is 3.66. The summed E-state index contributed by atoms with van der Waals surface area (Å²) in [6, 6.07) is 17.0. The molecule has 0 fully saturated rings. The number of amides is 1. The Balaban J connectivity index is 1.90. The van der Waals surface area contributed by atoms with Gasteiger partial charge in [0.05, 0.1) is 30.8 Å². The van der Waals surface area contributed by atoms with Gasteiger partial charge in [-0.15, -0.1) is 0 Å². The van der Waals surface area contributed by atoms with Gasteiger partial charge in [0.25, 0.3) is 10.0 Å². The van der Waals surface area contributed by atoms with E-state index in [1.807, 2.05) is 39.8 Å². The number of anilines is 1. The van der Waals surface area contributed by atoms with Gasteiger partial charge in [0.1, 0.15) is 6.54 Å². The van der Waals surface area contributed by atoms with E-state index >= 15 is 0 Å². The van der Waals surface area contributed by atoms with Crippen LogP contribution in [0.4, 0.5) is 5.69 Å². The highest BCUT2D eigenvalue weighted by atomic mass is 32.2. The molecule has 3 rings (SSSR count). The lowest BCUT2D eigenvalue weighted by molar-refractivity contribution is -0.120. The van der Waals surface area contributed by atoms with Crippen LogP contribution in [0.2, 0.25) is 0 Å². The van der Waals surface area contributed by atoms with E-state index in [2.05, 4.69) is 5.32 Å². The molecule has 0 aromatic heterocycles. The topological polar surface area (TPSA) is 84.9 Å². The third kappa shape index (κ3) is 5.95. The number of ether oxygens (including phenoxy) is 2. The molecule has 0 spiro atoms. The maximum atomic E-state index is 13.6. The smallest absolute Gasteiger partial charge is 0.264 e. The van der Waals surface area contributed by atoms with Crippen LogP contribution in [0.15, 0.2) is 65.6 Å². The molecule has 3 aromatic carbocycles. The van der Waals surface area contributed by atoms with Crippen LogP contribution in [0.25, 0.3) is 0 Å². The van der Waals surface area contributed by atoms with E-state index in [1.165, 1.54) is 0 Å². The number of methoxy groups -OCH3 is 2. The number of carbonyl (C=O) groups is 1. The number of nitrogens with zero attached hydrogens (tertiary/aromatic N) is 1. The van der Waals surface area contributed by atoms with Crippen LogP contribution < -0.4 is 19.1 Å². The second-order valence-electron chi connectivity index (χ2n) is 8.50. The minimum absolute atomic E-state index is 0.127. The van der Waals surface area contributed by atoms with Gasteiger partial charge in [-0.2, -0.15) is 0 Å². The largest absolute Gasteiger partial charge is 0.493 e. The summed E-state index contributed by atoms with van der Waals surface area (Å²) < 4.78 is 39.0. The Bertz CT molecular complexity index is 1300. The number of hydrogen-bond donors (Lipinski definition) is 1. The summed E-state index contributed by atoms with van der Waals surface area (Å²) >= 11 is 0. The molecule has 186 valence electrons. The first-order valence-electron chi connectivity index (χ1n) is 11.2. The molecule has 0 aliphatic heterocycles. The van der Waals surface area contributed by atoms with Crippen LogP contribution in [0.1, 0.15) is 35.2 Å². The van der Waals surface area contributed by atoms with Gasteiger partial charge in [-0.25, -0.2) is 8.42 Å². The van der Waals surface area contributed by atoms with Gasteiger partial charge < -0.3 is 14.8 Å². The molecule has 1 amide bonds. The summed E-state index contributed by atoms with van der Waals surface area (Å²) in [4.78, 5) is 13.2. The summed E-state index contributed by atoms with van der Waals surface area (Å²) in [5.74, 6) is 0.700. The lowest BCUT2D eigenvalue weighted by atomic mass is 10.1. The molecule has 0 bridgehead atoms. The molecule has 0 radical (unpaired) electrons. The summed E-state index contributed by atoms with van der Waals surface area (Å²) in [6.45, 7) is 7.22. The highest BCUT2D eigenvalue weighted by Gasteiger charge is 2.28. The van der Waals surface area contributed by atoms with Crippen molar-refractivity contribution >= 4 is 21.6 Å². The molecule has 3 aromatic rings. The van der Waals surface area contributed by atoms with Crippen LogP contribution in [-0.2, 0) is 14.8 Å². The minimum atomic E-state index is -3.98. The zero-order valence-corrected chi connectivity index (χ0v) is 21.8. The Labute approximate surface area is 207 Å². The van der Waals surface area contributed by atoms with Gasteiger partial charge in [0, 0.05) is 0 Å². The maximum absolute atomic E-state index is 13.6. The molecule has 35 heavy (non-hydrogen) atoms. The van der Waals surface area contributed by atoms with E-state index in [-0.39, 0.29) is 17.5 Å². The van der Waals surface area contributed by atoms with Crippen LogP contribution in [0, 0.1) is 20.8 Å². The molecule has 0 saturated heterocycles. The number of carbonyl (C=O) groups excluding carboxylic acids is 1. The summed E-state index contributed by atoms with van der Waals surface area (Å²) in [6.07, 6.45) is 0. The Kier molecular flexibility index (Phi) is 8.07. The average Bonchev–Trinajstić information content (AvgIpc) is 2.84. The second-order valence-corrected chi connectivity index (χ2v) is 10.4. The predicted octanol–water partition coefficient (Wildman–Crippen LogP) is 4.70. The van der Waals surface area contributed by atoms with Crippen molar-refractivity contribution < 1.29 is 22.7 Å². The minimum Gasteiger partial charge on any atom is -0.493 e. The van der Waals surface area contributed by atoms with Gasteiger partial charge in [-0.05, 0) is 80.8 Å². The van der Waals surface area contributed by atoms with E-state index in [4.69, 9.17) is 9.47 Å². The molecule has 8 heteroatoms. The van der Waals surface area contributed by atoms with Crippen molar-refractivity contribution in [3.05, 3.63) is 82.9 Å². The van der Waals surface area contributed by atoms with Crippen molar-refractivity contribution in [1.29, 1.82) is 0 Å². The molecule has 0 unspecified atom stereocenters. The maximum Gasteiger partial charge on any atom is 0.264 e. The number of rotatable bonds is 9. The lowest BCUT2D eigenvalue weighted by Crippen LogP contribution is -2.41. The number of aryl methyl sites for hydroxylation is 3. The zero-order valence-electron chi connectivity index (χ0n) is 21.0. The Morgan fingerprint density at radius 2 is 1.54 bits per heavy atom. The monoisotopic (exact) mass is 496 g/mol. The summed E-state index contributed by atoms with van der Waals surface area (Å²) in [5, 5.41) is 2.90. The molecule has 0 aliphatic carbocycles. The van der Waals surface area contributed by atoms with Crippen molar-refractivity contribution in [3.8, 4) is 11.5 Å². The molecule has 0 heterocycles. The third-order valence-electron chi connectivity index (χ3n) is 5.96. The van der Waals surface area contributed by atoms with Gasteiger partial charge >= 0.3 is 0 Å². The van der Waals surface area contributed by atoms with Gasteiger partial charge in [0.2, 0.25) is 5.91 Å². The van der Waals surface area contributed by atoms with Crippen molar-refractivity contribution in [2.45, 2.75) is 38.6 Å². The number of hydrogen-bond acceptors (Lipinski definition) is 5. The van der Waals surface area contributed by atoms with Crippen LogP contribution in [-0.4, -0.2) is 35.1 Å². The predicted molar refractivity (Wildman–Crippen MR) is 138 cm³/mol. The summed E-state index contributed by atoms with van der Waals surface area (Å²) in [7, 11) is -0.882. The lowest BCUT2D eigenvalue weighted by Gasteiger charge is -2.26. The van der Waals surface area contributed by atoms with E-state index in [9.17, 15) is 13.2 Å². The highest BCUT2D eigenvalue weighted by molar-refractivity contribution is 7.92. The number of benzene rings is 3. The van der Waals surface area contributed by atoms with Crippen LogP contribution in [0.5, 0.6) is 11.5 Å². The van der Waals surface area contributed by atoms with Crippen LogP contribution in [0.3, 0.4) is 0 Å². The third-order valence-corrected chi connectivity index (χ3v) is 7.75. The fourth-order valence-corrected chi connectivity index (χ4v) is 5.07. The SMILES string of the molecule is COc1ccc([C@H](C)NC(=O)CN(c2ccc(C)c(C)c2)S(=O)(=O)c2ccc(C)cc2)cc1OC. The van der Waals surface area contributed by atoms with Crippen LogP contribution >= 0.6 is 0 Å². The molecule has 0 saturated carbocycles. The molecule has 1 N–H and O–H groups in total. The Morgan fingerprint density at radius 3 is 2.14 bits per heavy atom. The first kappa shape index (κ1) is 26.1. The van der Waals surface area contributed by atoms with E-state index < -0.39 is 15.9 Å². The van der Waals surface area contributed by atoms with Gasteiger partial charge in [-0.1, -0.05) is 29.8 Å². The standard InChI is InChI=1S/C27H32N2O5S/c1-18-7-12-24(13-8-18)35(31,32)29(23-11-9-19(2)20(3)15-23)17-27(30)28-21(4)22-10-14-25(33-5)26(16-22)34-6/h7-16,21H,17H2,1-6H3,(H,28,30)/t21-/m0/s1. The van der Waals surface area contributed by atoms with Crippen molar-refractivity contribution in [2.75, 3.05) is 25.1 Å². The summed E-state index contributed by atoms with van der Waals surface area (Å²) in [5.41, 5.74) is 4.15. The average molecular weight is 497 g/mol. The van der Waals surface area contributed by atoms with Crippen molar-refractivity contribution in [2.24, 2.45) is 0 Å². The zero-order chi connectivity index (χ0) is 25.8. The molecular formula is C27H32N2O5S. The molecular weight excluding hydrogens is 464 g/mol. The second kappa shape index (κ2) is 10.8. The number of sulfonamides is 1. The Morgan fingerprint density at radius 1 is 0.886 bits per heavy atom. The van der Waals surface area contributed by atoms with Crippen molar-refractivity contribution in [1.82, 2.24) is 5.32 Å².